The van der Waals surface area contributed by atoms with Gasteiger partial charge in [0.1, 0.15) is 11.6 Å². The molecule has 2 aromatic carbocycles. The van der Waals surface area contributed by atoms with Crippen LogP contribution >= 0.6 is 11.6 Å². The van der Waals surface area contributed by atoms with E-state index in [0.29, 0.717) is 50.6 Å². The average molecular weight is 557 g/mol. The molecule has 8 heteroatoms. The van der Waals surface area contributed by atoms with Gasteiger partial charge < -0.3 is 20.3 Å². The van der Waals surface area contributed by atoms with Crippen LogP contribution in [0, 0.1) is 11.7 Å². The average Bonchev–Trinajstić information content (AvgIpc) is 3.79. The second-order valence-corrected chi connectivity index (χ2v) is 11.8. The smallest absolute Gasteiger partial charge is 0.239 e. The fraction of sp³-hybridized carbons (Fsp3) is 0.581. The van der Waals surface area contributed by atoms with Crippen molar-refractivity contribution >= 4 is 17.5 Å². The molecule has 2 aliphatic heterocycles. The SMILES string of the molecule is CCOc1cccc(F)c1CN1CCN(C(=O)[C@H](N)C2CCN(CCc3cc(Cl)ccc3C3CC3)CC2)CC1. The third-order valence-corrected chi connectivity index (χ3v) is 8.92. The molecule has 6 nitrogen and oxygen atoms in total. The molecule has 39 heavy (non-hydrogen) atoms. The van der Waals surface area contributed by atoms with E-state index in [1.807, 2.05) is 24.0 Å². The maximum absolute atomic E-state index is 14.5. The highest BCUT2D eigenvalue weighted by atomic mass is 35.5. The van der Waals surface area contributed by atoms with E-state index < -0.39 is 6.04 Å². The number of amides is 1. The number of rotatable bonds is 10. The molecule has 1 saturated carbocycles. The normalized spacial score (nSPS) is 20.3. The van der Waals surface area contributed by atoms with Crippen LogP contribution in [0.25, 0.3) is 0 Å². The molecule has 2 saturated heterocycles. The molecule has 0 aromatic heterocycles. The van der Waals surface area contributed by atoms with Crippen LogP contribution in [0.4, 0.5) is 4.39 Å². The number of halogens is 2. The molecule has 212 valence electrons. The molecular formula is C31H42ClFN4O2. The number of hydrogen-bond donors (Lipinski definition) is 1. The maximum Gasteiger partial charge on any atom is 0.239 e. The summed E-state index contributed by atoms with van der Waals surface area (Å²) in [6.07, 6.45) is 5.50. The third kappa shape index (κ3) is 7.12. The van der Waals surface area contributed by atoms with Gasteiger partial charge in [-0.25, -0.2) is 4.39 Å². The van der Waals surface area contributed by atoms with Gasteiger partial charge in [-0.3, -0.25) is 9.69 Å². The van der Waals surface area contributed by atoms with Crippen LogP contribution in [0.15, 0.2) is 36.4 Å². The quantitative estimate of drug-likeness (QED) is 0.460. The predicted molar refractivity (Wildman–Crippen MR) is 154 cm³/mol. The lowest BCUT2D eigenvalue weighted by Crippen LogP contribution is -2.55. The number of carbonyl (C=O) groups excluding carboxylic acids is 1. The zero-order valence-corrected chi connectivity index (χ0v) is 23.8. The van der Waals surface area contributed by atoms with Gasteiger partial charge in [0, 0.05) is 49.9 Å². The molecular weight excluding hydrogens is 515 g/mol. The molecule has 0 bridgehead atoms. The zero-order chi connectivity index (χ0) is 27.4. The van der Waals surface area contributed by atoms with E-state index in [2.05, 4.69) is 21.9 Å². The molecule has 0 radical (unpaired) electrons. The number of carbonyl (C=O) groups is 1. The summed E-state index contributed by atoms with van der Waals surface area (Å²) < 4.78 is 20.1. The molecule has 1 aliphatic carbocycles. The number of nitrogens with zero attached hydrogens (tertiary/aromatic N) is 3. The second-order valence-electron chi connectivity index (χ2n) is 11.3. The molecule has 5 rings (SSSR count). The minimum Gasteiger partial charge on any atom is -0.493 e. The Balaban J connectivity index is 1.06. The lowest BCUT2D eigenvalue weighted by molar-refractivity contribution is -0.136. The minimum absolute atomic E-state index is 0.0574. The van der Waals surface area contributed by atoms with Gasteiger partial charge in [0.2, 0.25) is 5.91 Å². The standard InChI is InChI=1S/C31H42ClFN4O2/c1-2-39-29-5-3-4-28(33)27(29)21-36-16-18-37(19-17-36)31(38)30(34)23-10-13-35(14-11-23)15-12-24-20-25(32)8-9-26(24)22-6-7-22/h3-5,8-9,20,22-23,30H,2,6-7,10-19,21,34H2,1H3/t30-/m1/s1. The molecule has 3 fully saturated rings. The number of benzene rings is 2. The van der Waals surface area contributed by atoms with Crippen LogP contribution in [0.1, 0.15) is 55.2 Å². The van der Waals surface area contributed by atoms with Crippen LogP contribution in [0.5, 0.6) is 5.75 Å². The number of hydrogen-bond acceptors (Lipinski definition) is 5. The van der Waals surface area contributed by atoms with Crippen molar-refractivity contribution in [3.8, 4) is 5.75 Å². The van der Waals surface area contributed by atoms with Gasteiger partial charge in [0.15, 0.2) is 0 Å². The summed E-state index contributed by atoms with van der Waals surface area (Å²) in [5.41, 5.74) is 9.99. The van der Waals surface area contributed by atoms with Crippen molar-refractivity contribution in [2.75, 3.05) is 52.4 Å². The van der Waals surface area contributed by atoms with Crippen LogP contribution in [0.2, 0.25) is 5.02 Å². The highest BCUT2D eigenvalue weighted by molar-refractivity contribution is 6.30. The molecule has 2 N–H and O–H groups in total. The fourth-order valence-electron chi connectivity index (χ4n) is 6.14. The Bertz CT molecular complexity index is 1130. The molecule has 1 atom stereocenters. The van der Waals surface area contributed by atoms with Gasteiger partial charge in [0.25, 0.3) is 0 Å². The first-order valence-corrected chi connectivity index (χ1v) is 15.0. The Kier molecular flexibility index (Phi) is 9.44. The summed E-state index contributed by atoms with van der Waals surface area (Å²) in [7, 11) is 0. The topological polar surface area (TPSA) is 62.0 Å². The highest BCUT2D eigenvalue weighted by Gasteiger charge is 2.33. The zero-order valence-electron chi connectivity index (χ0n) is 23.1. The van der Waals surface area contributed by atoms with Gasteiger partial charge in [-0.2, -0.15) is 0 Å². The van der Waals surface area contributed by atoms with Gasteiger partial charge in [-0.15, -0.1) is 0 Å². The van der Waals surface area contributed by atoms with Crippen molar-refractivity contribution in [2.45, 2.75) is 57.5 Å². The third-order valence-electron chi connectivity index (χ3n) is 8.69. The van der Waals surface area contributed by atoms with Crippen LogP contribution in [-0.2, 0) is 17.8 Å². The van der Waals surface area contributed by atoms with Crippen LogP contribution in [-0.4, -0.2) is 79.1 Å². The number of nitrogens with two attached hydrogens (primary N) is 1. The van der Waals surface area contributed by atoms with Crippen molar-refractivity contribution in [1.82, 2.24) is 14.7 Å². The Morgan fingerprint density at radius 3 is 2.49 bits per heavy atom. The van der Waals surface area contributed by atoms with E-state index in [-0.39, 0.29) is 17.6 Å². The van der Waals surface area contributed by atoms with Gasteiger partial charge in [0.05, 0.1) is 12.6 Å². The Labute approximate surface area is 237 Å². The summed E-state index contributed by atoms with van der Waals surface area (Å²) in [6.45, 7) is 8.48. The lowest BCUT2D eigenvalue weighted by Gasteiger charge is -2.39. The fourth-order valence-corrected chi connectivity index (χ4v) is 6.34. The molecule has 2 aromatic rings. The van der Waals surface area contributed by atoms with E-state index >= 15 is 0 Å². The highest BCUT2D eigenvalue weighted by Crippen LogP contribution is 2.42. The number of piperidine rings is 1. The van der Waals surface area contributed by atoms with Crippen molar-refractivity contribution < 1.29 is 13.9 Å². The first kappa shape index (κ1) is 28.3. The van der Waals surface area contributed by atoms with Gasteiger partial charge in [-0.1, -0.05) is 23.7 Å². The summed E-state index contributed by atoms with van der Waals surface area (Å²) in [5, 5.41) is 0.820. The minimum atomic E-state index is -0.454. The maximum atomic E-state index is 14.5. The molecule has 1 amide bonds. The largest absolute Gasteiger partial charge is 0.493 e. The summed E-state index contributed by atoms with van der Waals surface area (Å²) in [5.74, 6) is 1.35. The van der Waals surface area contributed by atoms with Crippen molar-refractivity contribution in [2.24, 2.45) is 11.7 Å². The van der Waals surface area contributed by atoms with E-state index in [9.17, 15) is 9.18 Å². The first-order valence-electron chi connectivity index (χ1n) is 14.6. The Hall–Kier alpha value is -2.19. The second kappa shape index (κ2) is 13.0. The van der Waals surface area contributed by atoms with E-state index in [1.54, 1.807) is 6.07 Å². The summed E-state index contributed by atoms with van der Waals surface area (Å²) in [6, 6.07) is 10.9. The predicted octanol–water partition coefficient (Wildman–Crippen LogP) is 4.68. The van der Waals surface area contributed by atoms with E-state index in [1.165, 1.54) is 30.0 Å². The number of likely N-dealkylation sites (tertiary alicyclic amines) is 1. The molecule has 0 spiro atoms. The van der Waals surface area contributed by atoms with Crippen LogP contribution in [0.3, 0.4) is 0 Å². The monoisotopic (exact) mass is 556 g/mol. The first-order chi connectivity index (χ1) is 18.9. The lowest BCUT2D eigenvalue weighted by atomic mass is 9.88. The Morgan fingerprint density at radius 1 is 1.05 bits per heavy atom. The molecule has 0 unspecified atom stereocenters. The Morgan fingerprint density at radius 2 is 1.79 bits per heavy atom. The number of ether oxygens (including phenoxy) is 1. The van der Waals surface area contributed by atoms with E-state index in [4.69, 9.17) is 22.1 Å². The van der Waals surface area contributed by atoms with Gasteiger partial charge >= 0.3 is 0 Å². The summed E-state index contributed by atoms with van der Waals surface area (Å²) >= 11 is 6.29. The van der Waals surface area contributed by atoms with Crippen molar-refractivity contribution in [1.29, 1.82) is 0 Å². The summed E-state index contributed by atoms with van der Waals surface area (Å²) in [4.78, 5) is 19.9. The van der Waals surface area contributed by atoms with Crippen molar-refractivity contribution in [3.63, 3.8) is 0 Å². The van der Waals surface area contributed by atoms with Crippen molar-refractivity contribution in [3.05, 3.63) is 63.9 Å². The van der Waals surface area contributed by atoms with Gasteiger partial charge in [-0.05, 0) is 99.3 Å². The van der Waals surface area contributed by atoms with E-state index in [0.717, 1.165) is 49.8 Å². The molecule has 3 aliphatic rings. The molecule has 2 heterocycles. The number of piperazine rings is 1. The van der Waals surface area contributed by atoms with Crippen LogP contribution < -0.4 is 10.5 Å².